The highest BCUT2D eigenvalue weighted by Crippen LogP contribution is 2.28. The molecule has 1 aliphatic rings. The molecule has 0 aliphatic heterocycles. The molecule has 0 amide bonds. The smallest absolute Gasteiger partial charge is 0.0494 e. The van der Waals surface area contributed by atoms with Crippen molar-refractivity contribution in [3.05, 3.63) is 35.9 Å². The van der Waals surface area contributed by atoms with Gasteiger partial charge in [-0.2, -0.15) is 0 Å². The summed E-state index contributed by atoms with van der Waals surface area (Å²) < 4.78 is 5.60. The van der Waals surface area contributed by atoms with Crippen molar-refractivity contribution in [2.75, 3.05) is 26.3 Å². The summed E-state index contributed by atoms with van der Waals surface area (Å²) in [5.74, 6) is 0.870. The molecule has 1 aromatic carbocycles. The largest absolute Gasteiger partial charge is 0.381 e. The van der Waals surface area contributed by atoms with Gasteiger partial charge in [0.15, 0.2) is 0 Å². The monoisotopic (exact) mass is 276 g/mol. The molecule has 1 aliphatic carbocycles. The van der Waals surface area contributed by atoms with Crippen LogP contribution >= 0.6 is 0 Å². The van der Waals surface area contributed by atoms with Gasteiger partial charge in [0, 0.05) is 25.8 Å². The zero-order valence-corrected chi connectivity index (χ0v) is 12.4. The Hall–Kier alpha value is -0.900. The molecule has 3 heteroatoms. The lowest BCUT2D eigenvalue weighted by molar-refractivity contribution is 0.122. The minimum Gasteiger partial charge on any atom is -0.381 e. The molecule has 1 atom stereocenters. The number of hydrogen-bond acceptors (Lipinski definition) is 3. The van der Waals surface area contributed by atoms with Gasteiger partial charge >= 0.3 is 0 Å². The van der Waals surface area contributed by atoms with E-state index >= 15 is 0 Å². The first-order valence-corrected chi connectivity index (χ1v) is 7.92. The first-order valence-electron chi connectivity index (χ1n) is 7.92. The lowest BCUT2D eigenvalue weighted by Crippen LogP contribution is -2.35. The fraction of sp³-hybridized carbons (Fsp3) is 0.647. The Kier molecular flexibility index (Phi) is 7.06. The van der Waals surface area contributed by atoms with Crippen molar-refractivity contribution in [2.45, 2.75) is 38.1 Å². The van der Waals surface area contributed by atoms with E-state index in [0.717, 1.165) is 51.5 Å². The highest BCUT2D eigenvalue weighted by atomic mass is 16.5. The van der Waals surface area contributed by atoms with Gasteiger partial charge in [0.1, 0.15) is 0 Å². The predicted octanol–water partition coefficient (Wildman–Crippen LogP) is 2.35. The van der Waals surface area contributed by atoms with Gasteiger partial charge in [-0.1, -0.05) is 30.3 Å². The van der Waals surface area contributed by atoms with Gasteiger partial charge in [-0.15, -0.1) is 0 Å². The van der Waals surface area contributed by atoms with Crippen molar-refractivity contribution >= 4 is 0 Å². The zero-order chi connectivity index (χ0) is 14.0. The summed E-state index contributed by atoms with van der Waals surface area (Å²) >= 11 is 0. The number of ether oxygens (including phenoxy) is 1. The van der Waals surface area contributed by atoms with Gasteiger partial charge in [-0.25, -0.2) is 0 Å². The maximum Gasteiger partial charge on any atom is 0.0494 e. The van der Waals surface area contributed by atoms with Gasteiger partial charge in [0.05, 0.1) is 0 Å². The van der Waals surface area contributed by atoms with Crippen LogP contribution in [0.25, 0.3) is 0 Å². The van der Waals surface area contributed by atoms with E-state index in [1.54, 1.807) is 0 Å². The van der Waals surface area contributed by atoms with Crippen LogP contribution in [0.15, 0.2) is 30.3 Å². The van der Waals surface area contributed by atoms with Crippen LogP contribution in [0.1, 0.15) is 31.2 Å². The third-order valence-electron chi connectivity index (χ3n) is 3.75. The number of rotatable bonds is 11. The third-order valence-corrected chi connectivity index (χ3v) is 3.75. The molecule has 0 saturated heterocycles. The molecule has 0 spiro atoms. The minimum absolute atomic E-state index is 0.239. The molecule has 2 rings (SSSR count). The van der Waals surface area contributed by atoms with E-state index in [1.807, 2.05) is 0 Å². The van der Waals surface area contributed by atoms with E-state index in [1.165, 1.54) is 18.4 Å². The first kappa shape index (κ1) is 15.5. The minimum atomic E-state index is 0.239. The predicted molar refractivity (Wildman–Crippen MR) is 83.8 cm³/mol. The molecule has 0 radical (unpaired) electrons. The Labute approximate surface area is 122 Å². The SMILES string of the molecule is NC(CCc1ccccc1)CNCCCOCC1CC1. The number of hydrogen-bond donors (Lipinski definition) is 2. The van der Waals surface area contributed by atoms with E-state index in [-0.39, 0.29) is 6.04 Å². The number of aryl methyl sites for hydroxylation is 1. The average Bonchev–Trinajstić information content (AvgIpc) is 3.29. The first-order chi connectivity index (χ1) is 9.84. The Morgan fingerprint density at radius 3 is 2.80 bits per heavy atom. The van der Waals surface area contributed by atoms with E-state index in [4.69, 9.17) is 10.5 Å². The van der Waals surface area contributed by atoms with Gasteiger partial charge in [0.2, 0.25) is 0 Å². The lowest BCUT2D eigenvalue weighted by Gasteiger charge is -2.12. The molecule has 20 heavy (non-hydrogen) atoms. The summed E-state index contributed by atoms with van der Waals surface area (Å²) in [6, 6.07) is 10.8. The number of nitrogens with one attached hydrogen (secondary N) is 1. The fourth-order valence-electron chi connectivity index (χ4n) is 2.22. The zero-order valence-electron chi connectivity index (χ0n) is 12.4. The Morgan fingerprint density at radius 2 is 2.05 bits per heavy atom. The molecule has 1 saturated carbocycles. The molecule has 0 aromatic heterocycles. The Morgan fingerprint density at radius 1 is 1.25 bits per heavy atom. The van der Waals surface area contributed by atoms with Crippen molar-refractivity contribution in [1.29, 1.82) is 0 Å². The summed E-state index contributed by atoms with van der Waals surface area (Å²) in [5, 5.41) is 3.42. The second-order valence-corrected chi connectivity index (χ2v) is 5.86. The van der Waals surface area contributed by atoms with Gasteiger partial charge in [-0.05, 0) is 50.1 Å². The van der Waals surface area contributed by atoms with Crippen LogP contribution in [0.2, 0.25) is 0 Å². The maximum absolute atomic E-state index is 6.12. The van der Waals surface area contributed by atoms with Crippen molar-refractivity contribution in [1.82, 2.24) is 5.32 Å². The quantitative estimate of drug-likeness (QED) is 0.610. The second kappa shape index (κ2) is 9.11. The van der Waals surface area contributed by atoms with Crippen molar-refractivity contribution < 1.29 is 4.74 Å². The van der Waals surface area contributed by atoms with Crippen LogP contribution in [0, 0.1) is 5.92 Å². The van der Waals surface area contributed by atoms with Crippen molar-refractivity contribution in [2.24, 2.45) is 11.7 Å². The van der Waals surface area contributed by atoms with Gasteiger partial charge < -0.3 is 15.8 Å². The van der Waals surface area contributed by atoms with Crippen molar-refractivity contribution in [3.63, 3.8) is 0 Å². The summed E-state index contributed by atoms with van der Waals surface area (Å²) in [4.78, 5) is 0. The van der Waals surface area contributed by atoms with E-state index in [9.17, 15) is 0 Å². The normalized spacial score (nSPS) is 16.2. The Balaban J connectivity index is 1.40. The summed E-state index contributed by atoms with van der Waals surface area (Å²) in [7, 11) is 0. The number of benzene rings is 1. The average molecular weight is 276 g/mol. The summed E-state index contributed by atoms with van der Waals surface area (Å²) in [6.07, 6.45) is 5.92. The molecular weight excluding hydrogens is 248 g/mol. The van der Waals surface area contributed by atoms with E-state index in [0.29, 0.717) is 0 Å². The van der Waals surface area contributed by atoms with Crippen molar-refractivity contribution in [3.8, 4) is 0 Å². The standard InChI is InChI=1S/C17H28N2O/c18-17(10-9-15-5-2-1-3-6-15)13-19-11-4-12-20-14-16-7-8-16/h1-3,5-6,16-17,19H,4,7-14,18H2. The molecule has 1 aromatic rings. The molecule has 1 fully saturated rings. The van der Waals surface area contributed by atoms with Crippen LogP contribution in [0.4, 0.5) is 0 Å². The molecule has 112 valence electrons. The van der Waals surface area contributed by atoms with Crippen LogP contribution in [-0.2, 0) is 11.2 Å². The van der Waals surface area contributed by atoms with Crippen LogP contribution in [0.5, 0.6) is 0 Å². The van der Waals surface area contributed by atoms with Crippen LogP contribution < -0.4 is 11.1 Å². The van der Waals surface area contributed by atoms with E-state index in [2.05, 4.69) is 35.6 Å². The molecular formula is C17H28N2O. The molecule has 0 heterocycles. The van der Waals surface area contributed by atoms with Crippen LogP contribution in [0.3, 0.4) is 0 Å². The van der Waals surface area contributed by atoms with Gasteiger partial charge in [-0.3, -0.25) is 0 Å². The lowest BCUT2D eigenvalue weighted by atomic mass is 10.1. The van der Waals surface area contributed by atoms with E-state index < -0.39 is 0 Å². The van der Waals surface area contributed by atoms with Crippen LogP contribution in [-0.4, -0.2) is 32.3 Å². The highest BCUT2D eigenvalue weighted by molar-refractivity contribution is 5.14. The van der Waals surface area contributed by atoms with Gasteiger partial charge in [0.25, 0.3) is 0 Å². The highest BCUT2D eigenvalue weighted by Gasteiger charge is 2.20. The molecule has 1 unspecified atom stereocenters. The fourth-order valence-corrected chi connectivity index (χ4v) is 2.22. The Bertz CT molecular complexity index is 351. The third kappa shape index (κ3) is 7.04. The molecule has 3 nitrogen and oxygen atoms in total. The summed E-state index contributed by atoms with van der Waals surface area (Å²) in [6.45, 7) is 3.75. The summed E-state index contributed by atoms with van der Waals surface area (Å²) in [5.41, 5.74) is 7.49. The maximum atomic E-state index is 6.12. The molecule has 0 bridgehead atoms. The topological polar surface area (TPSA) is 47.3 Å². The number of nitrogens with two attached hydrogens (primary N) is 1. The molecule has 3 N–H and O–H groups in total. The second-order valence-electron chi connectivity index (χ2n) is 5.86.